The van der Waals surface area contributed by atoms with Crippen LogP contribution < -0.4 is 0 Å². The Balaban J connectivity index is 1.75. The molecule has 0 bridgehead atoms. The first-order valence-electron chi connectivity index (χ1n) is 10.3. The first kappa shape index (κ1) is 17.9. The van der Waals surface area contributed by atoms with Crippen molar-refractivity contribution in [2.75, 3.05) is 0 Å². The molecule has 0 aliphatic heterocycles. The highest BCUT2D eigenvalue weighted by molar-refractivity contribution is 7.25. The van der Waals surface area contributed by atoms with Crippen molar-refractivity contribution in [1.29, 1.82) is 0 Å². The van der Waals surface area contributed by atoms with E-state index in [0.717, 1.165) is 60.1 Å². The Hall–Kier alpha value is -3.74. The average molecular weight is 447 g/mol. The molecule has 0 aliphatic carbocycles. The van der Waals surface area contributed by atoms with Gasteiger partial charge in [0.1, 0.15) is 32.4 Å². The molecule has 32 heavy (non-hydrogen) atoms. The van der Waals surface area contributed by atoms with E-state index in [0.29, 0.717) is 0 Å². The predicted octanol–water partition coefficient (Wildman–Crippen LogP) is 7.34. The molecule has 0 aliphatic rings. The van der Waals surface area contributed by atoms with Crippen molar-refractivity contribution in [1.82, 2.24) is 18.7 Å². The summed E-state index contributed by atoms with van der Waals surface area (Å²) in [6.07, 6.45) is 0. The molecule has 7 aromatic rings. The third-order valence-electron chi connectivity index (χ3n) is 5.77. The lowest BCUT2D eigenvalue weighted by Gasteiger charge is -2.12. The monoisotopic (exact) mass is 446 g/mol. The smallest absolute Gasteiger partial charge is 0.143 e. The number of thiophene rings is 1. The molecule has 0 amide bonds. The minimum Gasteiger partial charge on any atom is -0.242 e. The van der Waals surface area contributed by atoms with Crippen molar-refractivity contribution < 1.29 is 0 Å². The highest BCUT2D eigenvalue weighted by Crippen LogP contribution is 2.43. The summed E-state index contributed by atoms with van der Waals surface area (Å²) in [5.41, 5.74) is 8.57. The van der Waals surface area contributed by atoms with E-state index in [4.69, 9.17) is 18.7 Å². The van der Waals surface area contributed by atoms with Gasteiger partial charge in [-0.05, 0) is 17.2 Å². The number of hydrogen-bond acceptors (Lipinski definition) is 6. The number of rotatable bonds is 2. The van der Waals surface area contributed by atoms with Crippen molar-refractivity contribution in [2.24, 2.45) is 0 Å². The number of hydrogen-bond donors (Lipinski definition) is 0. The van der Waals surface area contributed by atoms with E-state index in [1.54, 1.807) is 11.3 Å². The Morgan fingerprint density at radius 3 is 1.72 bits per heavy atom. The van der Waals surface area contributed by atoms with Gasteiger partial charge in [0.25, 0.3) is 0 Å². The largest absolute Gasteiger partial charge is 0.242 e. The second kappa shape index (κ2) is 6.88. The van der Waals surface area contributed by atoms with Crippen LogP contribution in [0.3, 0.4) is 0 Å². The molecular formula is C26H14N4S2. The van der Waals surface area contributed by atoms with E-state index < -0.39 is 0 Å². The van der Waals surface area contributed by atoms with E-state index in [2.05, 4.69) is 48.5 Å². The second-order valence-corrected chi connectivity index (χ2v) is 9.18. The van der Waals surface area contributed by atoms with Crippen LogP contribution in [0.5, 0.6) is 0 Å². The van der Waals surface area contributed by atoms with Crippen LogP contribution in [0.4, 0.5) is 0 Å². The molecule has 4 aromatic carbocycles. The van der Waals surface area contributed by atoms with Crippen molar-refractivity contribution in [3.05, 3.63) is 84.9 Å². The van der Waals surface area contributed by atoms with Gasteiger partial charge in [-0.3, -0.25) is 0 Å². The molecule has 3 heterocycles. The van der Waals surface area contributed by atoms with E-state index in [-0.39, 0.29) is 0 Å². The van der Waals surface area contributed by atoms with Gasteiger partial charge in [0.2, 0.25) is 0 Å². The third kappa shape index (κ3) is 2.54. The Bertz CT molecular complexity index is 1770. The lowest BCUT2D eigenvalue weighted by molar-refractivity contribution is 1.43. The number of nitrogens with zero attached hydrogens (tertiary/aromatic N) is 4. The summed E-state index contributed by atoms with van der Waals surface area (Å²) in [6.45, 7) is 0. The number of fused-ring (bicyclic) bond motifs is 5. The van der Waals surface area contributed by atoms with Gasteiger partial charge in [0.05, 0.1) is 11.7 Å². The van der Waals surface area contributed by atoms with Crippen molar-refractivity contribution in [2.45, 2.75) is 0 Å². The predicted molar refractivity (Wildman–Crippen MR) is 134 cm³/mol. The molecule has 7 rings (SSSR count). The first-order chi connectivity index (χ1) is 15.9. The molecule has 0 N–H and O–H groups in total. The standard InChI is InChI=1S/C26H14N4S2/c1-3-9-15(10-4-1)19-22-23(28-26-21(27-22)17-13-7-8-14-18(17)31-26)20(16-11-5-2-6-12-16)25-24(19)29-32-30-25/h1-14H. The van der Waals surface area contributed by atoms with Crippen LogP contribution in [-0.2, 0) is 0 Å². The molecular weight excluding hydrogens is 432 g/mol. The van der Waals surface area contributed by atoms with Gasteiger partial charge in [-0.1, -0.05) is 78.9 Å². The van der Waals surface area contributed by atoms with Crippen LogP contribution in [0.25, 0.3) is 64.8 Å². The number of aromatic nitrogens is 4. The third-order valence-corrected chi connectivity index (χ3v) is 7.36. The van der Waals surface area contributed by atoms with E-state index in [1.165, 1.54) is 16.4 Å². The van der Waals surface area contributed by atoms with Gasteiger partial charge in [-0.15, -0.1) is 11.3 Å². The molecule has 0 saturated heterocycles. The zero-order valence-corrected chi connectivity index (χ0v) is 18.3. The SMILES string of the molecule is c1ccc(-c2c3nsnc3c(-c3ccccc3)c3nc4c(nc23)sc2ccccc24)cc1. The summed E-state index contributed by atoms with van der Waals surface area (Å²) in [5.74, 6) is 0. The Kier molecular flexibility index (Phi) is 3.85. The number of benzene rings is 4. The second-order valence-electron chi connectivity index (χ2n) is 7.62. The minimum atomic E-state index is 0.867. The maximum atomic E-state index is 5.24. The van der Waals surface area contributed by atoms with Crippen LogP contribution in [0.2, 0.25) is 0 Å². The fourth-order valence-electron chi connectivity index (χ4n) is 4.37. The molecule has 4 nitrogen and oxygen atoms in total. The fraction of sp³-hybridized carbons (Fsp3) is 0. The lowest BCUT2D eigenvalue weighted by Crippen LogP contribution is -1.95. The van der Waals surface area contributed by atoms with Gasteiger partial charge in [0.15, 0.2) is 0 Å². The zero-order valence-electron chi connectivity index (χ0n) is 16.7. The summed E-state index contributed by atoms with van der Waals surface area (Å²) in [7, 11) is 0. The summed E-state index contributed by atoms with van der Waals surface area (Å²) < 4.78 is 10.6. The van der Waals surface area contributed by atoms with Crippen molar-refractivity contribution >= 4 is 65.6 Å². The molecule has 0 radical (unpaired) electrons. The highest BCUT2D eigenvalue weighted by atomic mass is 32.1. The Labute approximate surface area is 191 Å². The summed E-state index contributed by atoms with van der Waals surface area (Å²) in [6, 6.07) is 29.0. The van der Waals surface area contributed by atoms with E-state index >= 15 is 0 Å². The zero-order chi connectivity index (χ0) is 21.1. The molecule has 150 valence electrons. The van der Waals surface area contributed by atoms with Crippen LogP contribution in [0.1, 0.15) is 0 Å². The normalized spacial score (nSPS) is 11.8. The Morgan fingerprint density at radius 1 is 0.500 bits per heavy atom. The van der Waals surface area contributed by atoms with E-state index in [1.807, 2.05) is 36.4 Å². The molecule has 0 unspecified atom stereocenters. The molecule has 0 atom stereocenters. The van der Waals surface area contributed by atoms with Crippen LogP contribution >= 0.6 is 23.1 Å². The molecule has 3 aromatic heterocycles. The van der Waals surface area contributed by atoms with Crippen LogP contribution in [0, 0.1) is 0 Å². The maximum Gasteiger partial charge on any atom is 0.143 e. The highest BCUT2D eigenvalue weighted by Gasteiger charge is 2.23. The van der Waals surface area contributed by atoms with Gasteiger partial charge < -0.3 is 0 Å². The minimum absolute atomic E-state index is 0.867. The summed E-state index contributed by atoms with van der Waals surface area (Å²) in [5, 5.41) is 1.14. The van der Waals surface area contributed by atoms with E-state index in [9.17, 15) is 0 Å². The van der Waals surface area contributed by atoms with Gasteiger partial charge >= 0.3 is 0 Å². The first-order valence-corrected chi connectivity index (χ1v) is 11.8. The molecule has 0 saturated carbocycles. The topological polar surface area (TPSA) is 51.6 Å². The fourth-order valence-corrected chi connectivity index (χ4v) is 5.95. The quantitative estimate of drug-likeness (QED) is 0.279. The summed E-state index contributed by atoms with van der Waals surface area (Å²) in [4.78, 5) is 11.4. The van der Waals surface area contributed by atoms with Crippen LogP contribution in [-0.4, -0.2) is 18.7 Å². The summed E-state index contributed by atoms with van der Waals surface area (Å²) >= 11 is 2.92. The molecule has 0 fully saturated rings. The molecule has 6 heteroatoms. The van der Waals surface area contributed by atoms with Gasteiger partial charge in [0, 0.05) is 21.2 Å². The van der Waals surface area contributed by atoms with Crippen molar-refractivity contribution in [3.63, 3.8) is 0 Å². The van der Waals surface area contributed by atoms with Gasteiger partial charge in [-0.2, -0.15) is 8.75 Å². The van der Waals surface area contributed by atoms with Crippen molar-refractivity contribution in [3.8, 4) is 22.3 Å². The lowest BCUT2D eigenvalue weighted by atomic mass is 9.95. The maximum absolute atomic E-state index is 5.24. The average Bonchev–Trinajstić information content (AvgIpc) is 3.47. The van der Waals surface area contributed by atoms with Gasteiger partial charge in [-0.25, -0.2) is 9.97 Å². The Morgan fingerprint density at radius 2 is 1.06 bits per heavy atom. The van der Waals surface area contributed by atoms with Crippen LogP contribution in [0.15, 0.2) is 84.9 Å². The molecule has 0 spiro atoms.